The van der Waals surface area contributed by atoms with Gasteiger partial charge in [0.2, 0.25) is 0 Å². The van der Waals surface area contributed by atoms with Gasteiger partial charge in [0.1, 0.15) is 5.82 Å². The molecule has 0 radical (unpaired) electrons. The third-order valence-electron chi connectivity index (χ3n) is 1.97. The summed E-state index contributed by atoms with van der Waals surface area (Å²) >= 11 is 0. The summed E-state index contributed by atoms with van der Waals surface area (Å²) < 4.78 is 1.51. The maximum Gasteiger partial charge on any atom is 0.338 e. The van der Waals surface area contributed by atoms with Gasteiger partial charge in [0.25, 0.3) is 5.88 Å². The number of aromatic hydroxyl groups is 1. The van der Waals surface area contributed by atoms with Crippen molar-refractivity contribution in [1.82, 2.24) is 9.97 Å². The average molecular weight is 204 g/mol. The minimum atomic E-state index is -0.365. The van der Waals surface area contributed by atoms with E-state index < -0.39 is 0 Å². The van der Waals surface area contributed by atoms with Crippen molar-refractivity contribution >= 4 is 0 Å². The fourth-order valence-corrected chi connectivity index (χ4v) is 1.35. The van der Waals surface area contributed by atoms with Gasteiger partial charge in [-0.3, -0.25) is 4.79 Å². The Morgan fingerprint density at radius 1 is 1.33 bits per heavy atom. The van der Waals surface area contributed by atoms with Crippen molar-refractivity contribution in [2.24, 2.45) is 0 Å². The van der Waals surface area contributed by atoms with Crippen LogP contribution in [0.25, 0.3) is 5.69 Å². The molecule has 0 aliphatic heterocycles. The van der Waals surface area contributed by atoms with E-state index in [2.05, 4.69) is 9.97 Å². The van der Waals surface area contributed by atoms with E-state index in [0.717, 1.165) is 0 Å². The highest BCUT2D eigenvalue weighted by Crippen LogP contribution is 2.06. The summed E-state index contributed by atoms with van der Waals surface area (Å²) in [4.78, 5) is 17.9. The van der Waals surface area contributed by atoms with Crippen LogP contribution in [0.4, 0.5) is 0 Å². The first-order valence-electron chi connectivity index (χ1n) is 4.45. The van der Waals surface area contributed by atoms with Crippen LogP contribution in [0.5, 0.6) is 5.88 Å². The van der Waals surface area contributed by atoms with Crippen LogP contribution in [0.15, 0.2) is 35.4 Å². The lowest BCUT2D eigenvalue weighted by Crippen LogP contribution is -2.37. The standard InChI is InChI=1S/C10H9N3O2/c1-7-11-9(14)8(10(15)12-7)13-5-3-2-4-6-13/h2-6H,1H3,(H-,11,12,14,15)/p+1. The zero-order valence-electron chi connectivity index (χ0n) is 8.14. The molecule has 0 unspecified atom stereocenters. The lowest BCUT2D eigenvalue weighted by molar-refractivity contribution is -0.597. The quantitative estimate of drug-likeness (QED) is 0.645. The molecule has 76 valence electrons. The zero-order chi connectivity index (χ0) is 10.8. The third kappa shape index (κ3) is 1.71. The number of aromatic nitrogens is 3. The van der Waals surface area contributed by atoms with Gasteiger partial charge in [-0.05, 0) is 6.92 Å². The zero-order valence-corrected chi connectivity index (χ0v) is 8.14. The van der Waals surface area contributed by atoms with Crippen molar-refractivity contribution in [2.75, 3.05) is 0 Å². The van der Waals surface area contributed by atoms with Crippen LogP contribution in [0.3, 0.4) is 0 Å². The highest BCUT2D eigenvalue weighted by molar-refractivity contribution is 5.29. The lowest BCUT2D eigenvalue weighted by Gasteiger charge is -1.97. The monoisotopic (exact) mass is 204 g/mol. The Morgan fingerprint density at radius 3 is 2.60 bits per heavy atom. The first-order valence-corrected chi connectivity index (χ1v) is 4.45. The molecule has 0 saturated carbocycles. The third-order valence-corrected chi connectivity index (χ3v) is 1.97. The van der Waals surface area contributed by atoms with Crippen molar-refractivity contribution < 1.29 is 9.67 Å². The molecule has 2 heterocycles. The molecule has 0 aliphatic rings. The molecule has 5 nitrogen and oxygen atoms in total. The summed E-state index contributed by atoms with van der Waals surface area (Å²) in [6.45, 7) is 1.61. The van der Waals surface area contributed by atoms with Gasteiger partial charge >= 0.3 is 11.2 Å². The molecule has 2 aromatic rings. The summed E-state index contributed by atoms with van der Waals surface area (Å²) in [7, 11) is 0. The molecule has 0 aromatic carbocycles. The Labute approximate surface area is 85.7 Å². The first-order chi connectivity index (χ1) is 7.18. The van der Waals surface area contributed by atoms with E-state index in [1.54, 1.807) is 31.5 Å². The van der Waals surface area contributed by atoms with Crippen LogP contribution in [0.2, 0.25) is 0 Å². The van der Waals surface area contributed by atoms with E-state index in [1.165, 1.54) is 4.57 Å². The lowest BCUT2D eigenvalue weighted by atomic mass is 10.4. The van der Waals surface area contributed by atoms with Crippen LogP contribution in [0, 0.1) is 6.92 Å². The topological polar surface area (TPSA) is 69.9 Å². The second kappa shape index (κ2) is 3.53. The van der Waals surface area contributed by atoms with E-state index in [1.807, 2.05) is 6.07 Å². The number of aromatic amines is 1. The van der Waals surface area contributed by atoms with Crippen LogP contribution in [0.1, 0.15) is 5.82 Å². The average Bonchev–Trinajstić information content (AvgIpc) is 2.17. The fraction of sp³-hybridized carbons (Fsp3) is 0.100. The number of nitrogens with one attached hydrogen (secondary N) is 1. The molecule has 2 aromatic heterocycles. The van der Waals surface area contributed by atoms with Crippen LogP contribution >= 0.6 is 0 Å². The number of aryl methyl sites for hydroxylation is 1. The molecule has 0 spiro atoms. The van der Waals surface area contributed by atoms with Crippen molar-refractivity contribution in [1.29, 1.82) is 0 Å². The second-order valence-electron chi connectivity index (χ2n) is 3.11. The first kappa shape index (κ1) is 9.39. The minimum Gasteiger partial charge on any atom is -0.488 e. The van der Waals surface area contributed by atoms with E-state index >= 15 is 0 Å². The molecular formula is C10H10N3O2+. The summed E-state index contributed by atoms with van der Waals surface area (Å²) in [5, 5.41) is 9.57. The molecule has 0 saturated heterocycles. The summed E-state index contributed by atoms with van der Waals surface area (Å²) in [6.07, 6.45) is 3.34. The minimum absolute atomic E-state index is 0.126. The maximum atomic E-state index is 11.6. The SMILES string of the molecule is Cc1nc(O)c(-[n+]2ccccc2)c(=O)[nH]1. The molecule has 5 heteroatoms. The fourth-order valence-electron chi connectivity index (χ4n) is 1.35. The number of pyridine rings is 1. The van der Waals surface area contributed by atoms with Crippen LogP contribution < -0.4 is 10.1 Å². The molecule has 2 rings (SSSR count). The summed E-state index contributed by atoms with van der Waals surface area (Å²) in [5.74, 6) is 0.116. The summed E-state index contributed by atoms with van der Waals surface area (Å²) in [5.41, 5.74) is -0.239. The molecule has 2 N–H and O–H groups in total. The van der Waals surface area contributed by atoms with Gasteiger partial charge < -0.3 is 10.1 Å². The predicted octanol–water partition coefficient (Wildman–Crippen LogP) is 0.0606. The van der Waals surface area contributed by atoms with Crippen molar-refractivity contribution in [3.05, 3.63) is 46.8 Å². The van der Waals surface area contributed by atoms with Crippen molar-refractivity contribution in [3.8, 4) is 11.6 Å². The van der Waals surface area contributed by atoms with Crippen LogP contribution in [-0.4, -0.2) is 15.1 Å². The molecular weight excluding hydrogens is 194 g/mol. The number of H-pyrrole nitrogens is 1. The summed E-state index contributed by atoms with van der Waals surface area (Å²) in [6, 6.07) is 5.35. The van der Waals surface area contributed by atoms with Gasteiger partial charge in [-0.25, -0.2) is 0 Å². The highest BCUT2D eigenvalue weighted by atomic mass is 16.3. The van der Waals surface area contributed by atoms with Crippen molar-refractivity contribution in [3.63, 3.8) is 0 Å². The number of rotatable bonds is 1. The molecule has 0 fully saturated rings. The van der Waals surface area contributed by atoms with Gasteiger partial charge in [-0.1, -0.05) is 6.07 Å². The van der Waals surface area contributed by atoms with Gasteiger partial charge in [-0.2, -0.15) is 9.55 Å². The highest BCUT2D eigenvalue weighted by Gasteiger charge is 2.18. The largest absolute Gasteiger partial charge is 0.488 e. The predicted molar refractivity (Wildman–Crippen MR) is 52.8 cm³/mol. The van der Waals surface area contributed by atoms with E-state index in [-0.39, 0.29) is 17.1 Å². The normalized spacial score (nSPS) is 10.2. The Morgan fingerprint density at radius 2 is 2.00 bits per heavy atom. The Kier molecular flexibility index (Phi) is 2.21. The molecule has 15 heavy (non-hydrogen) atoms. The maximum absolute atomic E-state index is 11.6. The molecule has 0 bridgehead atoms. The number of hydrogen-bond donors (Lipinski definition) is 2. The molecule has 0 amide bonds. The van der Waals surface area contributed by atoms with Gasteiger partial charge in [0.15, 0.2) is 12.4 Å². The molecule has 0 aliphatic carbocycles. The molecule has 0 atom stereocenters. The van der Waals surface area contributed by atoms with Gasteiger partial charge in [-0.15, -0.1) is 0 Å². The Hall–Kier alpha value is -2.17. The Balaban J connectivity index is 2.69. The Bertz CT molecular complexity index is 534. The second-order valence-corrected chi connectivity index (χ2v) is 3.11. The van der Waals surface area contributed by atoms with Gasteiger partial charge in [0, 0.05) is 12.1 Å². The van der Waals surface area contributed by atoms with Crippen molar-refractivity contribution in [2.45, 2.75) is 6.92 Å². The van der Waals surface area contributed by atoms with E-state index in [0.29, 0.717) is 5.82 Å². The number of nitrogens with zero attached hydrogens (tertiary/aromatic N) is 2. The smallest absolute Gasteiger partial charge is 0.338 e. The van der Waals surface area contributed by atoms with Gasteiger partial charge in [0.05, 0.1) is 0 Å². The number of hydrogen-bond acceptors (Lipinski definition) is 3. The van der Waals surface area contributed by atoms with E-state index in [4.69, 9.17) is 0 Å². The van der Waals surface area contributed by atoms with E-state index in [9.17, 15) is 9.90 Å². The van der Waals surface area contributed by atoms with Crippen LogP contribution in [-0.2, 0) is 0 Å².